The summed E-state index contributed by atoms with van der Waals surface area (Å²) in [7, 11) is -2.07. The minimum Gasteiger partial charge on any atom is -0.385 e. The Balaban J connectivity index is 2.71. The summed E-state index contributed by atoms with van der Waals surface area (Å²) in [5, 5.41) is 1.50. The predicted molar refractivity (Wildman–Crippen MR) is 77.3 cm³/mol. The Morgan fingerprint density at radius 1 is 1.30 bits per heavy atom. The summed E-state index contributed by atoms with van der Waals surface area (Å²) in [4.78, 5) is 12.0. The molecule has 1 N–H and O–H groups in total. The number of nitrogens with one attached hydrogen (secondary N) is 1. The minimum atomic E-state index is -3.64. The van der Waals surface area contributed by atoms with Crippen LogP contribution < -0.4 is 5.32 Å². The standard InChI is InChI=1S/C14H21NO4S/c1-11-5-7-13(8-6-11)20(17,18)12(2)14(16)15-9-4-10-19-3/h5-8,12H,4,9-10H2,1-3H3,(H,15,16). The maximum Gasteiger partial charge on any atom is 0.238 e. The fourth-order valence-corrected chi connectivity index (χ4v) is 2.93. The highest BCUT2D eigenvalue weighted by Gasteiger charge is 2.29. The van der Waals surface area contributed by atoms with E-state index in [1.165, 1.54) is 19.1 Å². The van der Waals surface area contributed by atoms with Crippen molar-refractivity contribution in [2.75, 3.05) is 20.3 Å². The second kappa shape index (κ2) is 7.40. The van der Waals surface area contributed by atoms with Gasteiger partial charge in [-0.2, -0.15) is 0 Å². The summed E-state index contributed by atoms with van der Waals surface area (Å²) < 4.78 is 29.4. The van der Waals surface area contributed by atoms with Crippen LogP contribution in [-0.2, 0) is 19.4 Å². The fourth-order valence-electron chi connectivity index (χ4n) is 1.64. The number of carbonyl (C=O) groups is 1. The van der Waals surface area contributed by atoms with Gasteiger partial charge in [-0.05, 0) is 32.4 Å². The van der Waals surface area contributed by atoms with Crippen LogP contribution in [-0.4, -0.2) is 39.8 Å². The molecule has 5 nitrogen and oxygen atoms in total. The van der Waals surface area contributed by atoms with Gasteiger partial charge < -0.3 is 10.1 Å². The number of rotatable bonds is 7. The minimum absolute atomic E-state index is 0.169. The topological polar surface area (TPSA) is 72.5 Å². The van der Waals surface area contributed by atoms with Crippen LogP contribution in [0.1, 0.15) is 18.9 Å². The first-order valence-corrected chi connectivity index (χ1v) is 8.01. The van der Waals surface area contributed by atoms with Crippen LogP contribution in [0.15, 0.2) is 29.2 Å². The van der Waals surface area contributed by atoms with Crippen LogP contribution in [0, 0.1) is 6.92 Å². The van der Waals surface area contributed by atoms with E-state index in [9.17, 15) is 13.2 Å². The normalized spacial score (nSPS) is 12.9. The van der Waals surface area contributed by atoms with E-state index >= 15 is 0 Å². The summed E-state index contributed by atoms with van der Waals surface area (Å²) in [5.74, 6) is -0.485. The van der Waals surface area contributed by atoms with Crippen molar-refractivity contribution in [3.8, 4) is 0 Å². The van der Waals surface area contributed by atoms with Crippen molar-refractivity contribution in [1.82, 2.24) is 5.32 Å². The first kappa shape index (κ1) is 16.7. The number of hydrogen-bond donors (Lipinski definition) is 1. The summed E-state index contributed by atoms with van der Waals surface area (Å²) in [5.41, 5.74) is 0.973. The molecule has 1 unspecified atom stereocenters. The van der Waals surface area contributed by atoms with E-state index in [1.54, 1.807) is 19.2 Å². The number of carbonyl (C=O) groups excluding carboxylic acids is 1. The van der Waals surface area contributed by atoms with Crippen molar-refractivity contribution in [3.63, 3.8) is 0 Å². The van der Waals surface area contributed by atoms with Crippen LogP contribution in [0.2, 0.25) is 0 Å². The van der Waals surface area contributed by atoms with Crippen molar-refractivity contribution in [3.05, 3.63) is 29.8 Å². The maximum absolute atomic E-state index is 12.3. The summed E-state index contributed by atoms with van der Waals surface area (Å²) in [6, 6.07) is 6.49. The number of amides is 1. The Kier molecular flexibility index (Phi) is 6.16. The molecule has 0 saturated heterocycles. The van der Waals surface area contributed by atoms with Crippen molar-refractivity contribution >= 4 is 15.7 Å². The van der Waals surface area contributed by atoms with Gasteiger partial charge in [0.2, 0.25) is 5.91 Å². The van der Waals surface area contributed by atoms with E-state index in [0.717, 1.165) is 5.56 Å². The monoisotopic (exact) mass is 299 g/mol. The number of aryl methyl sites for hydroxylation is 1. The molecule has 0 bridgehead atoms. The third-order valence-corrected chi connectivity index (χ3v) is 5.08. The van der Waals surface area contributed by atoms with Gasteiger partial charge in [-0.3, -0.25) is 4.79 Å². The van der Waals surface area contributed by atoms with Crippen molar-refractivity contribution in [2.24, 2.45) is 0 Å². The average Bonchev–Trinajstić information content (AvgIpc) is 2.43. The Labute approximate surface area is 120 Å². The Hall–Kier alpha value is -1.40. The lowest BCUT2D eigenvalue weighted by Gasteiger charge is -2.13. The van der Waals surface area contributed by atoms with Gasteiger partial charge in [-0.25, -0.2) is 8.42 Å². The molecule has 0 spiro atoms. The highest BCUT2D eigenvalue weighted by molar-refractivity contribution is 7.92. The molecule has 0 saturated carbocycles. The molecule has 0 aliphatic rings. The SMILES string of the molecule is COCCCNC(=O)C(C)S(=O)(=O)c1ccc(C)cc1. The van der Waals surface area contributed by atoms with Gasteiger partial charge in [0.05, 0.1) is 4.90 Å². The lowest BCUT2D eigenvalue weighted by atomic mass is 10.2. The smallest absolute Gasteiger partial charge is 0.238 e. The van der Waals surface area contributed by atoms with Crippen molar-refractivity contribution < 1.29 is 17.9 Å². The maximum atomic E-state index is 12.3. The first-order chi connectivity index (χ1) is 9.39. The Bertz CT molecular complexity index is 537. The molecule has 20 heavy (non-hydrogen) atoms. The molecule has 0 radical (unpaired) electrons. The van der Waals surface area contributed by atoms with Crippen LogP contribution in [0.25, 0.3) is 0 Å². The lowest BCUT2D eigenvalue weighted by Crippen LogP contribution is -2.38. The molecular formula is C14H21NO4S. The zero-order valence-electron chi connectivity index (χ0n) is 12.0. The van der Waals surface area contributed by atoms with Crippen LogP contribution in [0.5, 0.6) is 0 Å². The molecule has 1 aromatic rings. The molecule has 0 aliphatic heterocycles. The third-order valence-electron chi connectivity index (χ3n) is 3.01. The lowest BCUT2D eigenvalue weighted by molar-refractivity contribution is -0.120. The zero-order valence-corrected chi connectivity index (χ0v) is 12.9. The van der Waals surface area contributed by atoms with Crippen LogP contribution in [0.4, 0.5) is 0 Å². The van der Waals surface area contributed by atoms with Gasteiger partial charge in [0, 0.05) is 20.3 Å². The van der Waals surface area contributed by atoms with E-state index in [0.29, 0.717) is 19.6 Å². The van der Waals surface area contributed by atoms with E-state index in [4.69, 9.17) is 4.74 Å². The molecule has 1 rings (SSSR count). The highest BCUT2D eigenvalue weighted by Crippen LogP contribution is 2.16. The number of ether oxygens (including phenoxy) is 1. The fraction of sp³-hybridized carbons (Fsp3) is 0.500. The summed E-state index contributed by atoms with van der Waals surface area (Å²) >= 11 is 0. The quantitative estimate of drug-likeness (QED) is 0.771. The second-order valence-corrected chi connectivity index (χ2v) is 6.91. The van der Waals surface area contributed by atoms with Gasteiger partial charge in [0.15, 0.2) is 9.84 Å². The van der Waals surface area contributed by atoms with E-state index in [-0.39, 0.29) is 4.90 Å². The second-order valence-electron chi connectivity index (χ2n) is 4.64. The number of benzene rings is 1. The van der Waals surface area contributed by atoms with E-state index < -0.39 is 21.0 Å². The van der Waals surface area contributed by atoms with Crippen LogP contribution in [0.3, 0.4) is 0 Å². The molecule has 0 aromatic heterocycles. The zero-order chi connectivity index (χ0) is 15.2. The van der Waals surface area contributed by atoms with Crippen LogP contribution >= 0.6 is 0 Å². The first-order valence-electron chi connectivity index (χ1n) is 6.47. The number of hydrogen-bond acceptors (Lipinski definition) is 4. The molecule has 1 atom stereocenters. The third kappa shape index (κ3) is 4.31. The molecule has 6 heteroatoms. The Morgan fingerprint density at radius 2 is 1.90 bits per heavy atom. The summed E-state index contributed by atoms with van der Waals surface area (Å²) in [6.07, 6.45) is 0.652. The Morgan fingerprint density at radius 3 is 2.45 bits per heavy atom. The van der Waals surface area contributed by atoms with Gasteiger partial charge in [-0.15, -0.1) is 0 Å². The molecule has 112 valence electrons. The molecule has 1 amide bonds. The van der Waals surface area contributed by atoms with Gasteiger partial charge in [0.1, 0.15) is 5.25 Å². The average molecular weight is 299 g/mol. The molecular weight excluding hydrogens is 278 g/mol. The number of sulfone groups is 1. The number of methoxy groups -OCH3 is 1. The predicted octanol–water partition coefficient (Wildman–Crippen LogP) is 1.31. The molecule has 0 heterocycles. The van der Waals surface area contributed by atoms with Crippen molar-refractivity contribution in [1.29, 1.82) is 0 Å². The van der Waals surface area contributed by atoms with E-state index in [2.05, 4.69) is 5.32 Å². The summed E-state index contributed by atoms with van der Waals surface area (Å²) in [6.45, 7) is 4.21. The molecule has 1 aromatic carbocycles. The van der Waals surface area contributed by atoms with Gasteiger partial charge in [-0.1, -0.05) is 17.7 Å². The molecule has 0 fully saturated rings. The molecule has 0 aliphatic carbocycles. The van der Waals surface area contributed by atoms with Crippen molar-refractivity contribution in [2.45, 2.75) is 30.4 Å². The largest absolute Gasteiger partial charge is 0.385 e. The highest BCUT2D eigenvalue weighted by atomic mass is 32.2. The van der Waals surface area contributed by atoms with Gasteiger partial charge >= 0.3 is 0 Å². The van der Waals surface area contributed by atoms with E-state index in [1.807, 2.05) is 6.92 Å². The van der Waals surface area contributed by atoms with Gasteiger partial charge in [0.25, 0.3) is 0 Å².